The van der Waals surface area contributed by atoms with Gasteiger partial charge >= 0.3 is 11.9 Å². The van der Waals surface area contributed by atoms with Crippen molar-refractivity contribution in [3.8, 4) is 0 Å². The van der Waals surface area contributed by atoms with Gasteiger partial charge in [0.1, 0.15) is 5.82 Å². The van der Waals surface area contributed by atoms with Gasteiger partial charge in [-0.05, 0) is 24.6 Å². The molecule has 1 aromatic carbocycles. The lowest BCUT2D eigenvalue weighted by molar-refractivity contribution is -0.137. The van der Waals surface area contributed by atoms with E-state index in [1.165, 1.54) is 18.2 Å². The van der Waals surface area contributed by atoms with Crippen LogP contribution in [0.3, 0.4) is 0 Å². The van der Waals surface area contributed by atoms with Gasteiger partial charge in [0.2, 0.25) is 0 Å². The molecule has 0 saturated carbocycles. The predicted octanol–water partition coefficient (Wildman–Crippen LogP) is 2.31. The molecule has 0 aliphatic rings. The molecule has 4 heteroatoms. The molecule has 0 atom stereocenters. The van der Waals surface area contributed by atoms with Crippen molar-refractivity contribution >= 4 is 11.9 Å². The quantitative estimate of drug-likeness (QED) is 0.568. The van der Waals surface area contributed by atoms with Crippen LogP contribution in [0.25, 0.3) is 0 Å². The number of hydrogen-bond donors (Lipinski definition) is 0. The number of carbonyl (C=O) groups excluding carboxylic acids is 2. The maximum atomic E-state index is 12.7. The monoisotopic (exact) mass is 210 g/mol. The second-order valence-electron chi connectivity index (χ2n) is 3.02. The summed E-state index contributed by atoms with van der Waals surface area (Å²) >= 11 is 0. The highest BCUT2D eigenvalue weighted by Gasteiger charge is 2.12. The summed E-state index contributed by atoms with van der Waals surface area (Å²) < 4.78 is 17.2. The van der Waals surface area contributed by atoms with Gasteiger partial charge in [-0.25, -0.2) is 9.18 Å². The number of benzene rings is 1. The van der Waals surface area contributed by atoms with Crippen LogP contribution in [0, 0.1) is 5.82 Å². The fourth-order valence-electron chi connectivity index (χ4n) is 1.03. The molecule has 0 spiro atoms. The van der Waals surface area contributed by atoms with Crippen molar-refractivity contribution < 1.29 is 18.7 Å². The number of esters is 2. The molecule has 0 bridgehead atoms. The number of ether oxygens (including phenoxy) is 1. The van der Waals surface area contributed by atoms with Crippen molar-refractivity contribution in [2.45, 2.75) is 19.8 Å². The Morgan fingerprint density at radius 1 is 1.40 bits per heavy atom. The molecule has 1 rings (SSSR count). The fourth-order valence-corrected chi connectivity index (χ4v) is 1.03. The molecule has 0 heterocycles. The normalized spacial score (nSPS) is 9.73. The van der Waals surface area contributed by atoms with Crippen molar-refractivity contribution in [1.82, 2.24) is 0 Å². The van der Waals surface area contributed by atoms with Crippen LogP contribution in [0.1, 0.15) is 30.1 Å². The molecule has 0 aromatic heterocycles. The first-order valence-electron chi connectivity index (χ1n) is 4.64. The van der Waals surface area contributed by atoms with E-state index in [2.05, 4.69) is 4.74 Å². The Bertz CT molecular complexity index is 374. The molecule has 1 aromatic rings. The summed E-state index contributed by atoms with van der Waals surface area (Å²) in [5.41, 5.74) is 0.0412. The predicted molar refractivity (Wildman–Crippen MR) is 51.7 cm³/mol. The smallest absolute Gasteiger partial charge is 0.345 e. The van der Waals surface area contributed by atoms with Gasteiger partial charge in [0.25, 0.3) is 0 Å². The number of carbonyl (C=O) groups is 2. The van der Waals surface area contributed by atoms with Crippen LogP contribution in [0.5, 0.6) is 0 Å². The van der Waals surface area contributed by atoms with E-state index in [1.54, 1.807) is 6.92 Å². The molecule has 0 fully saturated rings. The Balaban J connectivity index is 2.65. The van der Waals surface area contributed by atoms with Crippen molar-refractivity contribution in [1.29, 1.82) is 0 Å². The third kappa shape index (κ3) is 3.50. The molecule has 0 saturated heterocycles. The van der Waals surface area contributed by atoms with E-state index >= 15 is 0 Å². The van der Waals surface area contributed by atoms with E-state index < -0.39 is 17.8 Å². The number of rotatable bonds is 3. The first kappa shape index (κ1) is 11.4. The summed E-state index contributed by atoms with van der Waals surface area (Å²) in [6.45, 7) is 1.80. The van der Waals surface area contributed by atoms with Crippen LogP contribution >= 0.6 is 0 Å². The Kier molecular flexibility index (Phi) is 3.97. The van der Waals surface area contributed by atoms with Gasteiger partial charge in [0, 0.05) is 6.42 Å². The summed E-state index contributed by atoms with van der Waals surface area (Å²) in [4.78, 5) is 22.2. The molecular weight excluding hydrogens is 199 g/mol. The number of hydrogen-bond acceptors (Lipinski definition) is 3. The zero-order valence-electron chi connectivity index (χ0n) is 8.33. The van der Waals surface area contributed by atoms with E-state index in [9.17, 15) is 14.0 Å². The van der Waals surface area contributed by atoms with Crippen LogP contribution in [0.15, 0.2) is 24.3 Å². The average Bonchev–Trinajstić information content (AvgIpc) is 2.18. The maximum Gasteiger partial charge on any atom is 0.345 e. The molecule has 0 radical (unpaired) electrons. The second-order valence-corrected chi connectivity index (χ2v) is 3.02. The lowest BCUT2D eigenvalue weighted by Gasteiger charge is -2.01. The topological polar surface area (TPSA) is 43.4 Å². The van der Waals surface area contributed by atoms with Crippen molar-refractivity contribution in [2.75, 3.05) is 0 Å². The lowest BCUT2D eigenvalue weighted by Crippen LogP contribution is -2.12. The highest BCUT2D eigenvalue weighted by molar-refractivity contribution is 5.96. The van der Waals surface area contributed by atoms with Crippen LogP contribution in [0.4, 0.5) is 4.39 Å². The van der Waals surface area contributed by atoms with Crippen LogP contribution in [0.2, 0.25) is 0 Å². The average molecular weight is 210 g/mol. The first-order chi connectivity index (χ1) is 7.13. The van der Waals surface area contributed by atoms with Gasteiger partial charge in [-0.3, -0.25) is 4.79 Å². The van der Waals surface area contributed by atoms with E-state index in [4.69, 9.17) is 0 Å². The molecule has 0 unspecified atom stereocenters. The zero-order valence-corrected chi connectivity index (χ0v) is 8.33. The van der Waals surface area contributed by atoms with Gasteiger partial charge in [0.15, 0.2) is 0 Å². The minimum absolute atomic E-state index is 0.0412. The summed E-state index contributed by atoms with van der Waals surface area (Å²) in [7, 11) is 0. The van der Waals surface area contributed by atoms with Crippen molar-refractivity contribution in [2.24, 2.45) is 0 Å². The largest absolute Gasteiger partial charge is 0.389 e. The van der Waals surface area contributed by atoms with Gasteiger partial charge < -0.3 is 4.74 Å². The third-order valence-electron chi connectivity index (χ3n) is 1.72. The lowest BCUT2D eigenvalue weighted by atomic mass is 10.2. The Morgan fingerprint density at radius 2 is 2.13 bits per heavy atom. The maximum absolute atomic E-state index is 12.7. The van der Waals surface area contributed by atoms with E-state index in [0.717, 1.165) is 6.07 Å². The molecular formula is C11H11FO3. The summed E-state index contributed by atoms with van der Waals surface area (Å²) in [6.07, 6.45) is 0.788. The second kappa shape index (κ2) is 5.24. The Labute approximate surface area is 86.9 Å². The highest BCUT2D eigenvalue weighted by atomic mass is 19.1. The molecule has 0 N–H and O–H groups in total. The minimum Gasteiger partial charge on any atom is -0.389 e. The van der Waals surface area contributed by atoms with E-state index in [-0.39, 0.29) is 12.0 Å². The van der Waals surface area contributed by atoms with Crippen LogP contribution in [-0.2, 0) is 9.53 Å². The SMILES string of the molecule is CCCC(=O)OC(=O)c1cccc(F)c1. The summed E-state index contributed by atoms with van der Waals surface area (Å²) in [5.74, 6) is -1.94. The highest BCUT2D eigenvalue weighted by Crippen LogP contribution is 2.06. The van der Waals surface area contributed by atoms with Crippen molar-refractivity contribution in [3.63, 3.8) is 0 Å². The molecule has 0 aliphatic carbocycles. The third-order valence-corrected chi connectivity index (χ3v) is 1.72. The van der Waals surface area contributed by atoms with Crippen LogP contribution in [-0.4, -0.2) is 11.9 Å². The van der Waals surface area contributed by atoms with E-state index in [1.807, 2.05) is 0 Å². The summed E-state index contributed by atoms with van der Waals surface area (Å²) in [5, 5.41) is 0. The van der Waals surface area contributed by atoms with Crippen molar-refractivity contribution in [3.05, 3.63) is 35.6 Å². The standard InChI is InChI=1S/C11H11FO3/c1-2-4-10(13)15-11(14)8-5-3-6-9(12)7-8/h3,5-7H,2,4H2,1H3. The van der Waals surface area contributed by atoms with Gasteiger partial charge in [0.05, 0.1) is 5.56 Å². The number of halogens is 1. The molecule has 15 heavy (non-hydrogen) atoms. The minimum atomic E-state index is -0.812. The van der Waals surface area contributed by atoms with Gasteiger partial charge in [-0.15, -0.1) is 0 Å². The molecule has 0 amide bonds. The fraction of sp³-hybridized carbons (Fsp3) is 0.273. The molecule has 3 nitrogen and oxygen atoms in total. The molecule has 80 valence electrons. The Hall–Kier alpha value is -1.71. The van der Waals surface area contributed by atoms with E-state index in [0.29, 0.717) is 6.42 Å². The molecule has 0 aliphatic heterocycles. The van der Waals surface area contributed by atoms with Crippen LogP contribution < -0.4 is 0 Å². The Morgan fingerprint density at radius 3 is 2.73 bits per heavy atom. The first-order valence-corrected chi connectivity index (χ1v) is 4.64. The van der Waals surface area contributed by atoms with Gasteiger partial charge in [-0.1, -0.05) is 13.0 Å². The van der Waals surface area contributed by atoms with Gasteiger partial charge in [-0.2, -0.15) is 0 Å². The zero-order chi connectivity index (χ0) is 11.3. The summed E-state index contributed by atoms with van der Waals surface area (Å²) in [6, 6.07) is 5.02.